The van der Waals surface area contributed by atoms with Crippen LogP contribution < -0.4 is 5.73 Å². The molecule has 3 heteroatoms. The van der Waals surface area contributed by atoms with Gasteiger partial charge in [-0.2, -0.15) is 0 Å². The summed E-state index contributed by atoms with van der Waals surface area (Å²) in [6.07, 6.45) is 5.06. The molecule has 1 amide bonds. The van der Waals surface area contributed by atoms with Crippen molar-refractivity contribution in [1.29, 1.82) is 0 Å². The van der Waals surface area contributed by atoms with Crippen molar-refractivity contribution in [1.82, 2.24) is 0 Å². The third kappa shape index (κ3) is 6.75. The van der Waals surface area contributed by atoms with E-state index in [4.69, 9.17) is 10.5 Å². The van der Waals surface area contributed by atoms with Gasteiger partial charge in [-0.1, -0.05) is 39.5 Å². The second kappa shape index (κ2) is 7.65. The highest BCUT2D eigenvalue weighted by Crippen LogP contribution is 2.19. The van der Waals surface area contributed by atoms with Crippen molar-refractivity contribution in [2.24, 2.45) is 11.7 Å². The molecule has 0 fully saturated rings. The van der Waals surface area contributed by atoms with Crippen LogP contribution in [0.1, 0.15) is 52.9 Å². The molecular weight excluding hydrogens is 178 g/mol. The van der Waals surface area contributed by atoms with E-state index in [2.05, 4.69) is 13.8 Å². The van der Waals surface area contributed by atoms with Gasteiger partial charge in [-0.3, -0.25) is 0 Å². The first-order valence-electron chi connectivity index (χ1n) is 5.56. The number of primary amides is 1. The first-order valence-corrected chi connectivity index (χ1v) is 5.56. The Hall–Kier alpha value is -0.730. The molecule has 14 heavy (non-hydrogen) atoms. The summed E-state index contributed by atoms with van der Waals surface area (Å²) in [5, 5.41) is 0. The van der Waals surface area contributed by atoms with Gasteiger partial charge in [0, 0.05) is 0 Å². The van der Waals surface area contributed by atoms with Gasteiger partial charge in [0.15, 0.2) is 0 Å². The minimum Gasteiger partial charge on any atom is -0.447 e. The summed E-state index contributed by atoms with van der Waals surface area (Å²) in [6, 6.07) is 0. The van der Waals surface area contributed by atoms with Crippen LogP contribution in [0.4, 0.5) is 4.79 Å². The number of amides is 1. The van der Waals surface area contributed by atoms with E-state index in [9.17, 15) is 4.79 Å². The van der Waals surface area contributed by atoms with Crippen molar-refractivity contribution >= 4 is 6.09 Å². The Bertz CT molecular complexity index is 159. The van der Waals surface area contributed by atoms with Crippen molar-refractivity contribution in [2.75, 3.05) is 0 Å². The van der Waals surface area contributed by atoms with E-state index in [1.54, 1.807) is 0 Å². The fourth-order valence-corrected chi connectivity index (χ4v) is 1.70. The van der Waals surface area contributed by atoms with Crippen LogP contribution in [0.25, 0.3) is 0 Å². The molecule has 0 heterocycles. The topological polar surface area (TPSA) is 52.3 Å². The van der Waals surface area contributed by atoms with E-state index in [-0.39, 0.29) is 6.10 Å². The molecule has 2 atom stereocenters. The summed E-state index contributed by atoms with van der Waals surface area (Å²) in [4.78, 5) is 10.5. The molecule has 0 aromatic carbocycles. The first-order chi connectivity index (χ1) is 6.60. The van der Waals surface area contributed by atoms with Gasteiger partial charge < -0.3 is 10.5 Å². The molecule has 0 spiro atoms. The van der Waals surface area contributed by atoms with Gasteiger partial charge in [0.1, 0.15) is 6.10 Å². The largest absolute Gasteiger partial charge is 0.447 e. The number of rotatable bonds is 7. The molecule has 0 aliphatic rings. The van der Waals surface area contributed by atoms with Gasteiger partial charge in [-0.05, 0) is 19.3 Å². The van der Waals surface area contributed by atoms with Gasteiger partial charge in [-0.15, -0.1) is 0 Å². The summed E-state index contributed by atoms with van der Waals surface area (Å²) in [7, 11) is 0. The van der Waals surface area contributed by atoms with E-state index in [0.717, 1.165) is 12.8 Å². The fraction of sp³-hybridized carbons (Fsp3) is 0.909. The van der Waals surface area contributed by atoms with Crippen molar-refractivity contribution in [3.63, 3.8) is 0 Å². The minimum atomic E-state index is -0.664. The second-order valence-corrected chi connectivity index (χ2v) is 3.90. The Morgan fingerprint density at radius 3 is 2.50 bits per heavy atom. The number of nitrogens with two attached hydrogens (primary N) is 1. The van der Waals surface area contributed by atoms with Crippen molar-refractivity contribution in [3.05, 3.63) is 0 Å². The summed E-state index contributed by atoms with van der Waals surface area (Å²) in [5.41, 5.74) is 4.95. The molecule has 0 aromatic heterocycles. The monoisotopic (exact) mass is 201 g/mol. The summed E-state index contributed by atoms with van der Waals surface area (Å²) >= 11 is 0. The van der Waals surface area contributed by atoms with Crippen LogP contribution >= 0.6 is 0 Å². The Morgan fingerprint density at radius 2 is 2.07 bits per heavy atom. The predicted octanol–water partition coefficient (Wildman–Crippen LogP) is 3.08. The van der Waals surface area contributed by atoms with Crippen LogP contribution in [0.2, 0.25) is 0 Å². The van der Waals surface area contributed by atoms with E-state index in [0.29, 0.717) is 5.92 Å². The average molecular weight is 201 g/mol. The van der Waals surface area contributed by atoms with Crippen molar-refractivity contribution < 1.29 is 9.53 Å². The number of carbonyl (C=O) groups excluding carboxylic acids is 1. The van der Waals surface area contributed by atoms with Crippen LogP contribution in [0, 0.1) is 5.92 Å². The van der Waals surface area contributed by atoms with E-state index in [1.165, 1.54) is 19.3 Å². The van der Waals surface area contributed by atoms with E-state index >= 15 is 0 Å². The lowest BCUT2D eigenvalue weighted by Gasteiger charge is -2.18. The van der Waals surface area contributed by atoms with Crippen LogP contribution in [0.15, 0.2) is 0 Å². The van der Waals surface area contributed by atoms with Crippen molar-refractivity contribution in [3.8, 4) is 0 Å². The first kappa shape index (κ1) is 13.3. The normalized spacial score (nSPS) is 14.8. The smallest absolute Gasteiger partial charge is 0.404 e. The maximum atomic E-state index is 10.5. The molecule has 0 radical (unpaired) electrons. The Balaban J connectivity index is 3.73. The van der Waals surface area contributed by atoms with Crippen LogP contribution in [0.5, 0.6) is 0 Å². The van der Waals surface area contributed by atoms with Gasteiger partial charge in [0.05, 0.1) is 0 Å². The molecule has 2 N–H and O–H groups in total. The number of hydrogen-bond donors (Lipinski definition) is 1. The zero-order chi connectivity index (χ0) is 11.0. The van der Waals surface area contributed by atoms with Gasteiger partial charge in [0.2, 0.25) is 0 Å². The molecule has 0 aliphatic carbocycles. The Labute approximate surface area is 87.0 Å². The summed E-state index contributed by atoms with van der Waals surface area (Å²) in [5.74, 6) is 0.657. The van der Waals surface area contributed by atoms with Crippen LogP contribution in [0.3, 0.4) is 0 Å². The molecule has 84 valence electrons. The van der Waals surface area contributed by atoms with Gasteiger partial charge in [-0.25, -0.2) is 4.79 Å². The number of unbranched alkanes of at least 4 members (excludes halogenated alkanes) is 1. The zero-order valence-corrected chi connectivity index (χ0v) is 9.58. The SMILES string of the molecule is CCCCC(CC)CC(C)OC(N)=O. The molecule has 0 saturated heterocycles. The molecule has 2 unspecified atom stereocenters. The number of ether oxygens (including phenoxy) is 1. The molecule has 0 rings (SSSR count). The van der Waals surface area contributed by atoms with Crippen LogP contribution in [-0.2, 0) is 4.74 Å². The minimum absolute atomic E-state index is 0.0469. The summed E-state index contributed by atoms with van der Waals surface area (Å²) < 4.78 is 4.90. The van der Waals surface area contributed by atoms with Gasteiger partial charge in [0.25, 0.3) is 0 Å². The molecule has 3 nitrogen and oxygen atoms in total. The Morgan fingerprint density at radius 1 is 1.43 bits per heavy atom. The average Bonchev–Trinajstić information content (AvgIpc) is 2.10. The highest BCUT2D eigenvalue weighted by molar-refractivity contribution is 5.64. The molecular formula is C11H23NO2. The van der Waals surface area contributed by atoms with E-state index < -0.39 is 6.09 Å². The standard InChI is InChI=1S/C11H23NO2/c1-4-6-7-10(5-2)8-9(3)14-11(12)13/h9-10H,4-8H2,1-3H3,(H2,12,13). The number of hydrogen-bond acceptors (Lipinski definition) is 2. The zero-order valence-electron chi connectivity index (χ0n) is 9.58. The highest BCUT2D eigenvalue weighted by Gasteiger charge is 2.13. The lowest BCUT2D eigenvalue weighted by Crippen LogP contribution is -2.22. The third-order valence-electron chi connectivity index (χ3n) is 2.53. The van der Waals surface area contributed by atoms with Crippen LogP contribution in [-0.4, -0.2) is 12.2 Å². The maximum Gasteiger partial charge on any atom is 0.404 e. The molecule has 0 saturated carbocycles. The van der Waals surface area contributed by atoms with Crippen molar-refractivity contribution in [2.45, 2.75) is 59.0 Å². The quantitative estimate of drug-likeness (QED) is 0.688. The summed E-state index contributed by atoms with van der Waals surface area (Å²) in [6.45, 7) is 6.27. The second-order valence-electron chi connectivity index (χ2n) is 3.90. The molecule has 0 bridgehead atoms. The predicted molar refractivity (Wildman–Crippen MR) is 58.1 cm³/mol. The highest BCUT2D eigenvalue weighted by atomic mass is 16.6. The van der Waals surface area contributed by atoms with Gasteiger partial charge >= 0.3 is 6.09 Å². The maximum absolute atomic E-state index is 10.5. The molecule has 0 aliphatic heterocycles. The fourth-order valence-electron chi connectivity index (χ4n) is 1.70. The van der Waals surface area contributed by atoms with E-state index in [1.807, 2.05) is 6.92 Å². The number of carbonyl (C=O) groups is 1. The lowest BCUT2D eigenvalue weighted by molar-refractivity contribution is 0.0986. The third-order valence-corrected chi connectivity index (χ3v) is 2.53. The molecule has 0 aromatic rings. The lowest BCUT2D eigenvalue weighted by atomic mass is 9.93. The Kier molecular flexibility index (Phi) is 7.25.